The van der Waals surface area contributed by atoms with Gasteiger partial charge in [-0.1, -0.05) is 0 Å². The van der Waals surface area contributed by atoms with Crippen molar-refractivity contribution in [3.63, 3.8) is 0 Å². The number of nitro benzene ring substituents is 1. The number of ether oxygens (including phenoxy) is 1. The minimum Gasteiger partial charge on any atom is -0.488 e. The van der Waals surface area contributed by atoms with E-state index < -0.39 is 10.7 Å². The van der Waals surface area contributed by atoms with Crippen LogP contribution in [0.3, 0.4) is 0 Å². The lowest BCUT2D eigenvalue weighted by molar-refractivity contribution is -0.386. The molecule has 0 aliphatic rings. The van der Waals surface area contributed by atoms with Gasteiger partial charge in [0, 0.05) is 5.56 Å². The monoisotopic (exact) mass is 185 g/mol. The smallest absolute Gasteiger partial charge is 0.316 e. The fourth-order valence-electron chi connectivity index (χ4n) is 1.07. The molecular formula is C8H8FNO3. The van der Waals surface area contributed by atoms with Crippen molar-refractivity contribution in [2.45, 2.75) is 6.92 Å². The summed E-state index contributed by atoms with van der Waals surface area (Å²) >= 11 is 0. The van der Waals surface area contributed by atoms with Crippen molar-refractivity contribution in [3.05, 3.63) is 33.6 Å². The van der Waals surface area contributed by atoms with E-state index in [2.05, 4.69) is 4.74 Å². The van der Waals surface area contributed by atoms with Gasteiger partial charge in [-0.05, 0) is 19.1 Å². The number of hydrogen-bond acceptors (Lipinski definition) is 3. The van der Waals surface area contributed by atoms with E-state index in [1.165, 1.54) is 20.1 Å². The molecule has 1 aromatic rings. The number of rotatable bonds is 2. The Morgan fingerprint density at radius 1 is 1.54 bits per heavy atom. The second kappa shape index (κ2) is 3.38. The van der Waals surface area contributed by atoms with E-state index in [-0.39, 0.29) is 11.4 Å². The summed E-state index contributed by atoms with van der Waals surface area (Å²) < 4.78 is 17.6. The van der Waals surface area contributed by atoms with E-state index >= 15 is 0 Å². The van der Waals surface area contributed by atoms with Crippen LogP contribution in [0.25, 0.3) is 0 Å². The molecular weight excluding hydrogens is 177 g/mol. The van der Waals surface area contributed by atoms with Gasteiger partial charge in [-0.25, -0.2) is 4.39 Å². The number of halogens is 1. The number of hydrogen-bond donors (Lipinski definition) is 0. The Hall–Kier alpha value is -1.65. The molecule has 0 aromatic heterocycles. The van der Waals surface area contributed by atoms with E-state index in [1.807, 2.05) is 0 Å². The topological polar surface area (TPSA) is 52.4 Å². The zero-order valence-corrected chi connectivity index (χ0v) is 7.20. The van der Waals surface area contributed by atoms with E-state index in [1.54, 1.807) is 0 Å². The highest BCUT2D eigenvalue weighted by Gasteiger charge is 2.21. The standard InChI is InChI=1S/C8H8FNO3/c1-5-3-4-6(9)8(13-2)7(5)10(11)12/h3-4H,1-2H3. The van der Waals surface area contributed by atoms with Crippen LogP contribution in [0.1, 0.15) is 5.56 Å². The minimum atomic E-state index is -0.722. The lowest BCUT2D eigenvalue weighted by Gasteiger charge is -2.04. The van der Waals surface area contributed by atoms with Gasteiger partial charge in [0.25, 0.3) is 0 Å². The fourth-order valence-corrected chi connectivity index (χ4v) is 1.07. The van der Waals surface area contributed by atoms with Crippen LogP contribution in [0.2, 0.25) is 0 Å². The van der Waals surface area contributed by atoms with Crippen LogP contribution in [-0.2, 0) is 0 Å². The SMILES string of the molecule is COc1c(F)ccc(C)c1[N+](=O)[O-]. The third-order valence-electron chi connectivity index (χ3n) is 1.67. The molecule has 1 aromatic carbocycles. The number of aryl methyl sites for hydroxylation is 1. The first-order valence-corrected chi connectivity index (χ1v) is 3.55. The summed E-state index contributed by atoms with van der Waals surface area (Å²) in [6.07, 6.45) is 0. The van der Waals surface area contributed by atoms with Gasteiger partial charge in [0.15, 0.2) is 5.82 Å². The van der Waals surface area contributed by atoms with Gasteiger partial charge in [-0.2, -0.15) is 0 Å². The molecule has 0 heterocycles. The highest BCUT2D eigenvalue weighted by molar-refractivity contribution is 5.52. The average Bonchev–Trinajstić information content (AvgIpc) is 2.07. The maximum absolute atomic E-state index is 13.0. The first-order valence-electron chi connectivity index (χ1n) is 3.55. The molecule has 13 heavy (non-hydrogen) atoms. The van der Waals surface area contributed by atoms with Gasteiger partial charge in [-0.3, -0.25) is 10.1 Å². The number of nitrogens with zero attached hydrogens (tertiary/aromatic N) is 1. The van der Waals surface area contributed by atoms with Crippen LogP contribution < -0.4 is 4.74 Å². The predicted molar refractivity (Wildman–Crippen MR) is 44.3 cm³/mol. The van der Waals surface area contributed by atoms with Gasteiger partial charge >= 0.3 is 5.69 Å². The van der Waals surface area contributed by atoms with E-state index in [9.17, 15) is 14.5 Å². The Labute approximate surface area is 74.1 Å². The van der Waals surface area contributed by atoms with Crippen molar-refractivity contribution in [2.75, 3.05) is 7.11 Å². The summed E-state index contributed by atoms with van der Waals surface area (Å²) in [7, 11) is 1.20. The second-order valence-electron chi connectivity index (χ2n) is 2.50. The molecule has 0 bridgehead atoms. The highest BCUT2D eigenvalue weighted by Crippen LogP contribution is 2.32. The van der Waals surface area contributed by atoms with Gasteiger partial charge in [-0.15, -0.1) is 0 Å². The Morgan fingerprint density at radius 3 is 2.54 bits per heavy atom. The molecule has 0 amide bonds. The molecule has 1 rings (SSSR count). The largest absolute Gasteiger partial charge is 0.488 e. The maximum Gasteiger partial charge on any atom is 0.316 e. The molecule has 0 saturated heterocycles. The molecule has 70 valence electrons. The fraction of sp³-hybridized carbons (Fsp3) is 0.250. The molecule has 0 radical (unpaired) electrons. The zero-order valence-electron chi connectivity index (χ0n) is 7.20. The molecule has 0 N–H and O–H groups in total. The van der Waals surface area contributed by atoms with Crippen LogP contribution in [0.15, 0.2) is 12.1 Å². The lowest BCUT2D eigenvalue weighted by atomic mass is 10.2. The molecule has 0 unspecified atom stereocenters. The molecule has 0 aliphatic carbocycles. The maximum atomic E-state index is 13.0. The first-order chi connectivity index (χ1) is 6.07. The molecule has 0 fully saturated rings. The van der Waals surface area contributed by atoms with Crippen LogP contribution in [0.5, 0.6) is 5.75 Å². The van der Waals surface area contributed by atoms with Gasteiger partial charge in [0.1, 0.15) is 0 Å². The van der Waals surface area contributed by atoms with E-state index in [4.69, 9.17) is 0 Å². The normalized spacial score (nSPS) is 9.77. The number of methoxy groups -OCH3 is 1. The van der Waals surface area contributed by atoms with Gasteiger partial charge in [0.2, 0.25) is 5.75 Å². The summed E-state index contributed by atoms with van der Waals surface area (Å²) in [5.74, 6) is -1.04. The summed E-state index contributed by atoms with van der Waals surface area (Å²) in [4.78, 5) is 9.86. The van der Waals surface area contributed by atoms with Crippen LogP contribution >= 0.6 is 0 Å². The van der Waals surface area contributed by atoms with Gasteiger partial charge < -0.3 is 4.74 Å². The Balaban J connectivity index is 3.43. The molecule has 0 spiro atoms. The summed E-state index contributed by atoms with van der Waals surface area (Å²) in [6.45, 7) is 1.53. The highest BCUT2D eigenvalue weighted by atomic mass is 19.1. The molecule has 5 heteroatoms. The zero-order chi connectivity index (χ0) is 10.0. The molecule has 0 atom stereocenters. The van der Waals surface area contributed by atoms with E-state index in [0.717, 1.165) is 6.07 Å². The van der Waals surface area contributed by atoms with Crippen molar-refractivity contribution in [3.8, 4) is 5.75 Å². The van der Waals surface area contributed by atoms with Crippen LogP contribution in [0, 0.1) is 22.9 Å². The Bertz CT molecular complexity index is 351. The van der Waals surface area contributed by atoms with Crippen molar-refractivity contribution in [2.24, 2.45) is 0 Å². The quantitative estimate of drug-likeness (QED) is 0.523. The minimum absolute atomic E-state index is 0.315. The van der Waals surface area contributed by atoms with Crippen molar-refractivity contribution in [1.82, 2.24) is 0 Å². The summed E-state index contributed by atoms with van der Waals surface area (Å²) in [5, 5.41) is 10.5. The number of benzene rings is 1. The summed E-state index contributed by atoms with van der Waals surface area (Å²) in [5.41, 5.74) is 0.0609. The lowest BCUT2D eigenvalue weighted by Crippen LogP contribution is -1.98. The third kappa shape index (κ3) is 1.58. The summed E-state index contributed by atoms with van der Waals surface area (Å²) in [6, 6.07) is 2.48. The van der Waals surface area contributed by atoms with Crippen molar-refractivity contribution in [1.29, 1.82) is 0 Å². The Morgan fingerprint density at radius 2 is 2.15 bits per heavy atom. The number of nitro groups is 1. The predicted octanol–water partition coefficient (Wildman–Crippen LogP) is 2.05. The average molecular weight is 185 g/mol. The third-order valence-corrected chi connectivity index (χ3v) is 1.67. The molecule has 0 saturated carbocycles. The van der Waals surface area contributed by atoms with Crippen LogP contribution in [-0.4, -0.2) is 12.0 Å². The first kappa shape index (κ1) is 9.44. The van der Waals surface area contributed by atoms with Crippen molar-refractivity contribution < 1.29 is 14.1 Å². The molecule has 4 nitrogen and oxygen atoms in total. The van der Waals surface area contributed by atoms with Crippen molar-refractivity contribution >= 4 is 5.69 Å². The van der Waals surface area contributed by atoms with Gasteiger partial charge in [0.05, 0.1) is 12.0 Å². The Kier molecular flexibility index (Phi) is 2.46. The van der Waals surface area contributed by atoms with E-state index in [0.29, 0.717) is 5.56 Å². The second-order valence-corrected chi connectivity index (χ2v) is 2.50. The molecule has 0 aliphatic heterocycles. The van der Waals surface area contributed by atoms with Crippen LogP contribution in [0.4, 0.5) is 10.1 Å².